The van der Waals surface area contributed by atoms with Crippen LogP contribution in [0.3, 0.4) is 0 Å². The second-order valence-corrected chi connectivity index (χ2v) is 8.75. The lowest BCUT2D eigenvalue weighted by molar-refractivity contribution is -0.0583. The summed E-state index contributed by atoms with van der Waals surface area (Å²) in [5.41, 5.74) is 1.50. The number of rotatable bonds is 4. The van der Waals surface area contributed by atoms with Gasteiger partial charge in [-0.1, -0.05) is 45.4 Å². The Hall–Kier alpha value is -0.560. The first-order valence-corrected chi connectivity index (χ1v) is 8.66. The molecule has 0 aliphatic heterocycles. The summed E-state index contributed by atoms with van der Waals surface area (Å²) in [5, 5.41) is 10.3. The van der Waals surface area contributed by atoms with Crippen LogP contribution in [0.25, 0.3) is 0 Å². The van der Waals surface area contributed by atoms with Crippen LogP contribution in [0.5, 0.6) is 0 Å². The summed E-state index contributed by atoms with van der Waals surface area (Å²) < 4.78 is 0. The molecule has 0 spiro atoms. The Morgan fingerprint density at radius 3 is 2.62 bits per heavy atom. The monoisotopic (exact) mass is 290 g/mol. The van der Waals surface area contributed by atoms with Crippen molar-refractivity contribution in [2.45, 2.75) is 78.2 Å². The van der Waals surface area contributed by atoms with Crippen LogP contribution in [0.15, 0.2) is 24.8 Å². The van der Waals surface area contributed by atoms with E-state index < -0.39 is 5.60 Å². The highest BCUT2D eigenvalue weighted by Gasteiger charge is 2.52. The molecule has 0 bridgehead atoms. The van der Waals surface area contributed by atoms with Gasteiger partial charge in [0, 0.05) is 0 Å². The Labute approximate surface area is 131 Å². The lowest BCUT2D eigenvalue weighted by atomic mass is 9.47. The van der Waals surface area contributed by atoms with E-state index in [1.54, 1.807) is 6.08 Å². The molecule has 0 saturated heterocycles. The van der Waals surface area contributed by atoms with Crippen molar-refractivity contribution in [3.63, 3.8) is 0 Å². The van der Waals surface area contributed by atoms with Gasteiger partial charge in [0.05, 0.1) is 5.60 Å². The summed E-state index contributed by atoms with van der Waals surface area (Å²) in [6, 6.07) is 0. The predicted octanol–water partition coefficient (Wildman–Crippen LogP) is 5.50. The Morgan fingerprint density at radius 1 is 1.33 bits per heavy atom. The number of hydrogen-bond acceptors (Lipinski definition) is 1. The quantitative estimate of drug-likeness (QED) is 0.678. The zero-order chi connectivity index (χ0) is 15.9. The molecular weight excluding hydrogens is 256 g/mol. The van der Waals surface area contributed by atoms with Gasteiger partial charge in [-0.3, -0.25) is 0 Å². The van der Waals surface area contributed by atoms with Gasteiger partial charge in [-0.2, -0.15) is 0 Å². The summed E-state index contributed by atoms with van der Waals surface area (Å²) in [5.74, 6) is 1.35. The van der Waals surface area contributed by atoms with Gasteiger partial charge < -0.3 is 5.11 Å². The molecule has 1 unspecified atom stereocenters. The first kappa shape index (κ1) is 16.8. The van der Waals surface area contributed by atoms with E-state index in [0.717, 1.165) is 18.8 Å². The molecule has 21 heavy (non-hydrogen) atoms. The molecule has 1 heteroatoms. The molecule has 0 aromatic rings. The third-order valence-electron chi connectivity index (χ3n) is 6.70. The van der Waals surface area contributed by atoms with E-state index in [1.807, 2.05) is 6.92 Å². The van der Waals surface area contributed by atoms with Crippen LogP contribution in [0.4, 0.5) is 0 Å². The Kier molecular flexibility index (Phi) is 4.46. The lowest BCUT2D eigenvalue weighted by Gasteiger charge is -2.58. The fraction of sp³-hybridized carbons (Fsp3) is 0.800. The van der Waals surface area contributed by atoms with Crippen molar-refractivity contribution in [2.24, 2.45) is 22.7 Å². The minimum Gasteiger partial charge on any atom is -0.386 e. The van der Waals surface area contributed by atoms with Crippen molar-refractivity contribution >= 4 is 0 Å². The van der Waals surface area contributed by atoms with E-state index in [2.05, 4.69) is 33.9 Å². The topological polar surface area (TPSA) is 20.2 Å². The Bertz CT molecular complexity index is 418. The number of aliphatic hydroxyl groups is 1. The van der Waals surface area contributed by atoms with Crippen molar-refractivity contribution in [2.75, 3.05) is 0 Å². The van der Waals surface area contributed by atoms with Gasteiger partial charge in [0.15, 0.2) is 0 Å². The molecule has 0 heterocycles. The zero-order valence-corrected chi connectivity index (χ0v) is 14.5. The highest BCUT2D eigenvalue weighted by Crippen LogP contribution is 2.61. The van der Waals surface area contributed by atoms with Crippen LogP contribution in [0, 0.1) is 22.7 Å². The summed E-state index contributed by atoms with van der Waals surface area (Å²) in [6.07, 6.45) is 10.0. The number of fused-ring (bicyclic) bond motifs is 1. The Morgan fingerprint density at radius 2 is 2.00 bits per heavy atom. The second-order valence-electron chi connectivity index (χ2n) is 8.75. The van der Waals surface area contributed by atoms with E-state index in [0.29, 0.717) is 16.7 Å². The predicted molar refractivity (Wildman–Crippen MR) is 91.1 cm³/mol. The minimum atomic E-state index is -0.742. The van der Waals surface area contributed by atoms with Crippen LogP contribution >= 0.6 is 0 Å². The fourth-order valence-electron chi connectivity index (χ4n) is 5.35. The maximum Gasteiger partial charge on any atom is 0.0797 e. The van der Waals surface area contributed by atoms with E-state index >= 15 is 0 Å². The van der Waals surface area contributed by atoms with E-state index in [9.17, 15) is 5.11 Å². The van der Waals surface area contributed by atoms with Gasteiger partial charge in [0.2, 0.25) is 0 Å². The van der Waals surface area contributed by atoms with Crippen LogP contribution in [-0.4, -0.2) is 10.7 Å². The van der Waals surface area contributed by atoms with Crippen LogP contribution in [0.2, 0.25) is 0 Å². The average molecular weight is 290 g/mol. The first-order chi connectivity index (χ1) is 9.62. The lowest BCUT2D eigenvalue weighted by Crippen LogP contribution is -2.49. The fourth-order valence-corrected chi connectivity index (χ4v) is 5.35. The molecular formula is C20H34O. The van der Waals surface area contributed by atoms with Crippen LogP contribution < -0.4 is 0 Å². The molecule has 2 rings (SSSR count). The maximum absolute atomic E-state index is 10.3. The molecule has 0 aromatic heterocycles. The summed E-state index contributed by atoms with van der Waals surface area (Å²) in [6.45, 7) is 17.4. The molecule has 1 nitrogen and oxygen atoms in total. The summed E-state index contributed by atoms with van der Waals surface area (Å²) >= 11 is 0. The average Bonchev–Trinajstić information content (AvgIpc) is 2.36. The van der Waals surface area contributed by atoms with E-state index in [1.165, 1.54) is 37.7 Å². The van der Waals surface area contributed by atoms with Crippen molar-refractivity contribution in [3.05, 3.63) is 24.8 Å². The SMILES string of the molecule is C=CC(C)(O)CC[C@@H]1C(=C)CC[C@@H]2C(C)(C)CCC[C@]12C. The second kappa shape index (κ2) is 5.57. The van der Waals surface area contributed by atoms with Gasteiger partial charge in [0.25, 0.3) is 0 Å². The van der Waals surface area contributed by atoms with Gasteiger partial charge in [-0.05, 0) is 68.1 Å². The molecule has 4 atom stereocenters. The van der Waals surface area contributed by atoms with Gasteiger partial charge in [-0.15, -0.1) is 6.58 Å². The summed E-state index contributed by atoms with van der Waals surface area (Å²) in [7, 11) is 0. The molecule has 2 aliphatic rings. The normalized spacial score (nSPS) is 38.4. The molecule has 0 aromatic carbocycles. The largest absolute Gasteiger partial charge is 0.386 e. The molecule has 2 saturated carbocycles. The van der Waals surface area contributed by atoms with Crippen LogP contribution in [-0.2, 0) is 0 Å². The number of hydrogen-bond donors (Lipinski definition) is 1. The smallest absolute Gasteiger partial charge is 0.0797 e. The summed E-state index contributed by atoms with van der Waals surface area (Å²) in [4.78, 5) is 0. The zero-order valence-electron chi connectivity index (χ0n) is 14.5. The van der Waals surface area contributed by atoms with E-state index in [4.69, 9.17) is 0 Å². The van der Waals surface area contributed by atoms with Gasteiger partial charge in [-0.25, -0.2) is 0 Å². The van der Waals surface area contributed by atoms with Crippen molar-refractivity contribution in [1.82, 2.24) is 0 Å². The minimum absolute atomic E-state index is 0.369. The third kappa shape index (κ3) is 3.13. The van der Waals surface area contributed by atoms with Gasteiger partial charge >= 0.3 is 0 Å². The van der Waals surface area contributed by atoms with Crippen molar-refractivity contribution in [1.29, 1.82) is 0 Å². The first-order valence-electron chi connectivity index (χ1n) is 8.66. The van der Waals surface area contributed by atoms with Crippen molar-refractivity contribution < 1.29 is 5.11 Å². The molecule has 2 aliphatic carbocycles. The van der Waals surface area contributed by atoms with E-state index in [-0.39, 0.29) is 0 Å². The highest BCUT2D eigenvalue weighted by atomic mass is 16.3. The molecule has 2 fully saturated rings. The molecule has 1 N–H and O–H groups in total. The van der Waals surface area contributed by atoms with Gasteiger partial charge in [0.1, 0.15) is 0 Å². The number of allylic oxidation sites excluding steroid dienone is 1. The van der Waals surface area contributed by atoms with Crippen molar-refractivity contribution in [3.8, 4) is 0 Å². The Balaban J connectivity index is 2.21. The highest BCUT2D eigenvalue weighted by molar-refractivity contribution is 5.16. The van der Waals surface area contributed by atoms with Crippen LogP contribution in [0.1, 0.15) is 72.6 Å². The maximum atomic E-state index is 10.3. The molecule has 0 radical (unpaired) electrons. The molecule has 0 amide bonds. The third-order valence-corrected chi connectivity index (χ3v) is 6.70. The standard InChI is InChI=1S/C20H34O/c1-7-19(5,21)14-11-16-15(2)9-10-17-18(3,4)12-8-13-20(16,17)6/h7,16-17,21H,1-2,8-14H2,3-6H3/t16-,17-,19?,20-/m1/s1. The molecule has 120 valence electrons.